The lowest BCUT2D eigenvalue weighted by Gasteiger charge is -2.13. The molecule has 20 heavy (non-hydrogen) atoms. The first-order valence-electron chi connectivity index (χ1n) is 7.37. The van der Waals surface area contributed by atoms with Gasteiger partial charge in [-0.3, -0.25) is 0 Å². The summed E-state index contributed by atoms with van der Waals surface area (Å²) in [5, 5.41) is 12.2. The summed E-state index contributed by atoms with van der Waals surface area (Å²) in [6, 6.07) is 5.93. The molecular weight excluding hydrogens is 254 g/mol. The fourth-order valence-electron chi connectivity index (χ4n) is 1.83. The molecule has 0 unspecified atom stereocenters. The average molecular weight is 281 g/mol. The summed E-state index contributed by atoms with van der Waals surface area (Å²) in [6.45, 7) is 9.13. The van der Waals surface area contributed by atoms with Crippen LogP contribution < -0.4 is 14.8 Å². The van der Waals surface area contributed by atoms with Crippen molar-refractivity contribution in [3.63, 3.8) is 0 Å². The van der Waals surface area contributed by atoms with E-state index in [2.05, 4.69) is 19.2 Å². The molecule has 1 aromatic carbocycles. The van der Waals surface area contributed by atoms with Crippen molar-refractivity contribution in [3.8, 4) is 11.5 Å². The first-order chi connectivity index (χ1) is 9.67. The molecule has 0 aliphatic carbocycles. The van der Waals surface area contributed by atoms with Crippen molar-refractivity contribution in [1.29, 1.82) is 0 Å². The Hall–Kier alpha value is -1.26. The SMILES string of the molecule is CCOc1cc(CNCCC(C)C)ccc1OCCO. The van der Waals surface area contributed by atoms with Crippen LogP contribution in [0.2, 0.25) is 0 Å². The van der Waals surface area contributed by atoms with Gasteiger partial charge in [-0.05, 0) is 43.5 Å². The molecule has 0 aliphatic heterocycles. The van der Waals surface area contributed by atoms with Crippen molar-refractivity contribution < 1.29 is 14.6 Å². The summed E-state index contributed by atoms with van der Waals surface area (Å²) in [6.07, 6.45) is 1.18. The van der Waals surface area contributed by atoms with E-state index in [0.29, 0.717) is 12.4 Å². The van der Waals surface area contributed by atoms with Gasteiger partial charge < -0.3 is 19.9 Å². The number of ether oxygens (including phenoxy) is 2. The van der Waals surface area contributed by atoms with Gasteiger partial charge in [-0.25, -0.2) is 0 Å². The van der Waals surface area contributed by atoms with Crippen molar-refractivity contribution in [1.82, 2.24) is 5.32 Å². The third kappa shape index (κ3) is 6.26. The van der Waals surface area contributed by atoms with Crippen molar-refractivity contribution in [2.45, 2.75) is 33.7 Å². The molecule has 0 amide bonds. The molecule has 0 heterocycles. The Labute approximate surface area is 122 Å². The summed E-state index contributed by atoms with van der Waals surface area (Å²) in [5.41, 5.74) is 1.17. The standard InChI is InChI=1S/C16H27NO3/c1-4-19-16-11-14(12-17-8-7-13(2)3)5-6-15(16)20-10-9-18/h5-6,11,13,17-18H,4,7-10,12H2,1-3H3. The second-order valence-electron chi connectivity index (χ2n) is 5.15. The van der Waals surface area contributed by atoms with Crippen molar-refractivity contribution in [2.75, 3.05) is 26.4 Å². The van der Waals surface area contributed by atoms with Crippen molar-refractivity contribution in [3.05, 3.63) is 23.8 Å². The highest BCUT2D eigenvalue weighted by atomic mass is 16.5. The zero-order valence-electron chi connectivity index (χ0n) is 12.8. The van der Waals surface area contributed by atoms with E-state index in [0.717, 1.165) is 24.8 Å². The number of aliphatic hydroxyl groups is 1. The molecule has 0 saturated heterocycles. The maximum absolute atomic E-state index is 8.82. The van der Waals surface area contributed by atoms with Gasteiger partial charge in [0.2, 0.25) is 0 Å². The topological polar surface area (TPSA) is 50.7 Å². The van der Waals surface area contributed by atoms with Crippen LogP contribution in [-0.4, -0.2) is 31.5 Å². The third-order valence-electron chi connectivity index (χ3n) is 2.88. The van der Waals surface area contributed by atoms with Crippen LogP contribution >= 0.6 is 0 Å². The second kappa shape index (κ2) is 9.61. The van der Waals surface area contributed by atoms with E-state index in [1.165, 1.54) is 12.0 Å². The monoisotopic (exact) mass is 281 g/mol. The van der Waals surface area contributed by atoms with Crippen molar-refractivity contribution >= 4 is 0 Å². The van der Waals surface area contributed by atoms with Gasteiger partial charge in [-0.1, -0.05) is 19.9 Å². The number of benzene rings is 1. The number of hydrogen-bond acceptors (Lipinski definition) is 4. The zero-order chi connectivity index (χ0) is 14.8. The Bertz CT molecular complexity index is 380. The lowest BCUT2D eigenvalue weighted by molar-refractivity contribution is 0.194. The van der Waals surface area contributed by atoms with Gasteiger partial charge in [0.1, 0.15) is 6.61 Å². The highest BCUT2D eigenvalue weighted by Gasteiger charge is 2.06. The first-order valence-corrected chi connectivity index (χ1v) is 7.37. The Morgan fingerprint density at radius 3 is 2.65 bits per heavy atom. The molecule has 1 rings (SSSR count). The first kappa shape index (κ1) is 16.8. The molecule has 4 nitrogen and oxygen atoms in total. The van der Waals surface area contributed by atoms with Crippen LogP contribution in [0.25, 0.3) is 0 Å². The lowest BCUT2D eigenvalue weighted by Crippen LogP contribution is -2.16. The molecule has 1 aromatic rings. The van der Waals surface area contributed by atoms with E-state index in [1.807, 2.05) is 25.1 Å². The molecule has 0 saturated carbocycles. The molecule has 0 bridgehead atoms. The summed E-state index contributed by atoms with van der Waals surface area (Å²) < 4.78 is 11.0. The largest absolute Gasteiger partial charge is 0.490 e. The van der Waals surface area contributed by atoms with Gasteiger partial charge in [0.05, 0.1) is 13.2 Å². The number of hydrogen-bond donors (Lipinski definition) is 2. The van der Waals surface area contributed by atoms with Gasteiger partial charge in [-0.15, -0.1) is 0 Å². The fraction of sp³-hybridized carbons (Fsp3) is 0.625. The molecule has 0 atom stereocenters. The average Bonchev–Trinajstić information content (AvgIpc) is 2.43. The van der Waals surface area contributed by atoms with Crippen LogP contribution in [0.4, 0.5) is 0 Å². The van der Waals surface area contributed by atoms with Crippen LogP contribution in [0.3, 0.4) is 0 Å². The lowest BCUT2D eigenvalue weighted by atomic mass is 10.1. The quantitative estimate of drug-likeness (QED) is 0.647. The Kier molecular flexibility index (Phi) is 8.07. The minimum absolute atomic E-state index is 0.00404. The fourth-order valence-corrected chi connectivity index (χ4v) is 1.83. The Morgan fingerprint density at radius 2 is 2.00 bits per heavy atom. The van der Waals surface area contributed by atoms with E-state index in [4.69, 9.17) is 14.6 Å². The normalized spacial score (nSPS) is 10.8. The number of rotatable bonds is 10. The van der Waals surface area contributed by atoms with Gasteiger partial charge >= 0.3 is 0 Å². The highest BCUT2D eigenvalue weighted by Crippen LogP contribution is 2.28. The number of nitrogens with one attached hydrogen (secondary N) is 1. The molecule has 4 heteroatoms. The molecule has 2 N–H and O–H groups in total. The van der Waals surface area contributed by atoms with E-state index >= 15 is 0 Å². The van der Waals surface area contributed by atoms with Crippen LogP contribution in [0, 0.1) is 5.92 Å². The molecule has 114 valence electrons. The second-order valence-corrected chi connectivity index (χ2v) is 5.15. The predicted molar refractivity (Wildman–Crippen MR) is 81.4 cm³/mol. The van der Waals surface area contributed by atoms with E-state index in [1.54, 1.807) is 0 Å². The Morgan fingerprint density at radius 1 is 1.20 bits per heavy atom. The van der Waals surface area contributed by atoms with E-state index < -0.39 is 0 Å². The summed E-state index contributed by atoms with van der Waals surface area (Å²) >= 11 is 0. The van der Waals surface area contributed by atoms with Gasteiger partial charge in [0.15, 0.2) is 11.5 Å². The highest BCUT2D eigenvalue weighted by molar-refractivity contribution is 5.43. The molecule has 0 aliphatic rings. The molecule has 0 fully saturated rings. The predicted octanol–water partition coefficient (Wildman–Crippen LogP) is 2.59. The zero-order valence-corrected chi connectivity index (χ0v) is 12.8. The van der Waals surface area contributed by atoms with Crippen LogP contribution in [0.5, 0.6) is 11.5 Å². The van der Waals surface area contributed by atoms with Crippen LogP contribution in [-0.2, 0) is 6.54 Å². The maximum atomic E-state index is 8.82. The van der Waals surface area contributed by atoms with Gasteiger partial charge in [-0.2, -0.15) is 0 Å². The van der Waals surface area contributed by atoms with Crippen LogP contribution in [0.15, 0.2) is 18.2 Å². The summed E-state index contributed by atoms with van der Waals surface area (Å²) in [4.78, 5) is 0. The van der Waals surface area contributed by atoms with E-state index in [9.17, 15) is 0 Å². The smallest absolute Gasteiger partial charge is 0.161 e. The molecule has 0 aromatic heterocycles. The van der Waals surface area contributed by atoms with E-state index in [-0.39, 0.29) is 13.2 Å². The Balaban J connectivity index is 2.57. The number of aliphatic hydroxyl groups excluding tert-OH is 1. The molecular formula is C16H27NO3. The minimum Gasteiger partial charge on any atom is -0.490 e. The minimum atomic E-state index is 0.00404. The van der Waals surface area contributed by atoms with Gasteiger partial charge in [0.25, 0.3) is 0 Å². The maximum Gasteiger partial charge on any atom is 0.161 e. The molecule has 0 spiro atoms. The molecule has 0 radical (unpaired) electrons. The summed E-state index contributed by atoms with van der Waals surface area (Å²) in [5.74, 6) is 2.15. The van der Waals surface area contributed by atoms with Gasteiger partial charge in [0, 0.05) is 6.54 Å². The third-order valence-corrected chi connectivity index (χ3v) is 2.88. The van der Waals surface area contributed by atoms with Crippen molar-refractivity contribution in [2.24, 2.45) is 5.92 Å². The summed E-state index contributed by atoms with van der Waals surface area (Å²) in [7, 11) is 0. The van der Waals surface area contributed by atoms with Crippen LogP contribution in [0.1, 0.15) is 32.8 Å².